The first-order valence-electron chi connectivity index (χ1n) is 6.16. The molecule has 1 aliphatic rings. The van der Waals surface area contributed by atoms with E-state index in [1.807, 2.05) is 0 Å². The van der Waals surface area contributed by atoms with Gasteiger partial charge in [-0.3, -0.25) is 0 Å². The fraction of sp³-hybridized carbons (Fsp3) is 0.571. The lowest BCUT2D eigenvalue weighted by Crippen LogP contribution is -2.10. The third-order valence-electron chi connectivity index (χ3n) is 4.91. The normalized spacial score (nSPS) is 20.8. The molecule has 4 heteroatoms. The van der Waals surface area contributed by atoms with Gasteiger partial charge >= 0.3 is 0 Å². The van der Waals surface area contributed by atoms with E-state index in [4.69, 9.17) is 5.73 Å². The molecule has 0 radical (unpaired) electrons. The second-order valence-corrected chi connectivity index (χ2v) is 7.08. The molecule has 0 aliphatic heterocycles. The molecule has 0 heterocycles. The summed E-state index contributed by atoms with van der Waals surface area (Å²) in [7, 11) is 0. The molecule has 1 fully saturated rings. The molecule has 3 N–H and O–H groups in total. The van der Waals surface area contributed by atoms with Crippen LogP contribution in [0.5, 0.6) is 0 Å². The van der Waals surface area contributed by atoms with Crippen molar-refractivity contribution in [3.8, 4) is 0 Å². The number of halogens is 2. The van der Waals surface area contributed by atoms with Crippen LogP contribution in [0.15, 0.2) is 16.6 Å². The van der Waals surface area contributed by atoms with Crippen LogP contribution in [0.1, 0.15) is 27.7 Å². The highest BCUT2D eigenvalue weighted by Crippen LogP contribution is 2.68. The number of anilines is 2. The fourth-order valence-corrected chi connectivity index (χ4v) is 3.13. The van der Waals surface area contributed by atoms with E-state index in [0.29, 0.717) is 32.6 Å². The Morgan fingerprint density at radius 2 is 1.83 bits per heavy atom. The number of nitrogen functional groups attached to an aromatic ring is 1. The predicted molar refractivity (Wildman–Crippen MR) is 78.1 cm³/mol. The van der Waals surface area contributed by atoms with E-state index in [9.17, 15) is 4.39 Å². The maximum Gasteiger partial charge on any atom is 0.139 e. The summed E-state index contributed by atoms with van der Waals surface area (Å²) in [6.07, 6.45) is 0. The molecule has 18 heavy (non-hydrogen) atoms. The Morgan fingerprint density at radius 3 is 2.33 bits per heavy atom. The lowest BCUT2D eigenvalue weighted by atomic mass is 10.0. The van der Waals surface area contributed by atoms with E-state index in [2.05, 4.69) is 48.9 Å². The number of benzene rings is 1. The van der Waals surface area contributed by atoms with Crippen molar-refractivity contribution in [2.24, 2.45) is 16.7 Å². The van der Waals surface area contributed by atoms with Crippen LogP contribution in [0.3, 0.4) is 0 Å². The van der Waals surface area contributed by atoms with Crippen LogP contribution in [-0.2, 0) is 0 Å². The van der Waals surface area contributed by atoms with Gasteiger partial charge in [0, 0.05) is 12.6 Å². The fourth-order valence-electron chi connectivity index (χ4n) is 2.77. The SMILES string of the molecule is CC1(C)C(CNc2cc(F)c(Br)cc2N)C1(C)C. The Balaban J connectivity index is 2.07. The minimum Gasteiger partial charge on any atom is -0.397 e. The molecule has 1 aliphatic carbocycles. The van der Waals surface area contributed by atoms with Gasteiger partial charge in [-0.15, -0.1) is 0 Å². The van der Waals surface area contributed by atoms with E-state index >= 15 is 0 Å². The van der Waals surface area contributed by atoms with Crippen LogP contribution in [-0.4, -0.2) is 6.54 Å². The lowest BCUT2D eigenvalue weighted by molar-refractivity contribution is 0.457. The van der Waals surface area contributed by atoms with Crippen LogP contribution in [0.4, 0.5) is 15.8 Å². The molecule has 1 aromatic rings. The van der Waals surface area contributed by atoms with Crippen LogP contribution in [0.2, 0.25) is 0 Å². The van der Waals surface area contributed by atoms with Crippen molar-refractivity contribution in [2.75, 3.05) is 17.6 Å². The summed E-state index contributed by atoms with van der Waals surface area (Å²) in [5, 5.41) is 3.27. The minimum absolute atomic E-state index is 0.291. The van der Waals surface area contributed by atoms with E-state index in [1.165, 1.54) is 6.07 Å². The van der Waals surface area contributed by atoms with Crippen molar-refractivity contribution < 1.29 is 4.39 Å². The molecular formula is C14H20BrFN2. The monoisotopic (exact) mass is 314 g/mol. The molecule has 0 unspecified atom stereocenters. The van der Waals surface area contributed by atoms with E-state index in [-0.39, 0.29) is 5.82 Å². The summed E-state index contributed by atoms with van der Waals surface area (Å²) in [5.41, 5.74) is 7.76. The number of hydrogen-bond donors (Lipinski definition) is 2. The van der Waals surface area contributed by atoms with Crippen LogP contribution in [0.25, 0.3) is 0 Å². The van der Waals surface area contributed by atoms with Crippen molar-refractivity contribution in [1.82, 2.24) is 0 Å². The average Bonchev–Trinajstić information content (AvgIpc) is 2.62. The van der Waals surface area contributed by atoms with Gasteiger partial charge in [-0.1, -0.05) is 27.7 Å². The van der Waals surface area contributed by atoms with Gasteiger partial charge in [0.25, 0.3) is 0 Å². The first-order valence-corrected chi connectivity index (χ1v) is 6.95. The number of nitrogens with two attached hydrogens (primary N) is 1. The number of hydrogen-bond acceptors (Lipinski definition) is 2. The summed E-state index contributed by atoms with van der Waals surface area (Å²) >= 11 is 3.13. The highest BCUT2D eigenvalue weighted by atomic mass is 79.9. The highest BCUT2D eigenvalue weighted by molar-refractivity contribution is 9.10. The standard InChI is InChI=1S/C14H20BrFN2/c1-13(2)12(14(13,3)4)7-18-11-6-9(16)8(15)5-10(11)17/h5-6,12,18H,7,17H2,1-4H3. The first kappa shape index (κ1) is 13.7. The summed E-state index contributed by atoms with van der Waals surface area (Å²) in [6.45, 7) is 9.90. The lowest BCUT2D eigenvalue weighted by Gasteiger charge is -2.11. The Kier molecular flexibility index (Phi) is 3.13. The largest absolute Gasteiger partial charge is 0.397 e. The molecule has 2 rings (SSSR count). The molecule has 1 saturated carbocycles. The maximum atomic E-state index is 13.5. The molecule has 0 aromatic heterocycles. The van der Waals surface area contributed by atoms with E-state index in [1.54, 1.807) is 6.07 Å². The zero-order valence-corrected chi connectivity index (χ0v) is 12.9. The molecule has 0 spiro atoms. The number of rotatable bonds is 3. The van der Waals surface area contributed by atoms with Crippen molar-refractivity contribution in [3.05, 3.63) is 22.4 Å². The minimum atomic E-state index is -0.291. The molecular weight excluding hydrogens is 295 g/mol. The maximum absolute atomic E-state index is 13.5. The topological polar surface area (TPSA) is 38.0 Å². The second kappa shape index (κ2) is 4.12. The quantitative estimate of drug-likeness (QED) is 0.818. The molecule has 2 nitrogen and oxygen atoms in total. The van der Waals surface area contributed by atoms with Crippen LogP contribution in [0, 0.1) is 22.6 Å². The van der Waals surface area contributed by atoms with Crippen molar-refractivity contribution in [2.45, 2.75) is 27.7 Å². The van der Waals surface area contributed by atoms with Gasteiger partial charge in [0.2, 0.25) is 0 Å². The predicted octanol–water partition coefficient (Wildman–Crippen LogP) is 4.26. The van der Waals surface area contributed by atoms with Crippen molar-refractivity contribution in [1.29, 1.82) is 0 Å². The van der Waals surface area contributed by atoms with Gasteiger partial charge in [-0.05, 0) is 38.7 Å². The van der Waals surface area contributed by atoms with Crippen molar-refractivity contribution in [3.63, 3.8) is 0 Å². The van der Waals surface area contributed by atoms with Gasteiger partial charge in [0.1, 0.15) is 5.82 Å². The molecule has 1 aromatic carbocycles. The summed E-state index contributed by atoms with van der Waals surface area (Å²) < 4.78 is 13.9. The van der Waals surface area contributed by atoms with Gasteiger partial charge in [-0.2, -0.15) is 0 Å². The van der Waals surface area contributed by atoms with Gasteiger partial charge < -0.3 is 11.1 Å². The molecule has 0 atom stereocenters. The van der Waals surface area contributed by atoms with Crippen molar-refractivity contribution >= 4 is 27.3 Å². The summed E-state index contributed by atoms with van der Waals surface area (Å²) in [5.74, 6) is 0.289. The highest BCUT2D eigenvalue weighted by Gasteiger charge is 2.64. The van der Waals surface area contributed by atoms with Crippen LogP contribution >= 0.6 is 15.9 Å². The molecule has 0 amide bonds. The van der Waals surface area contributed by atoms with Gasteiger partial charge in [0.05, 0.1) is 15.8 Å². The van der Waals surface area contributed by atoms with E-state index in [0.717, 1.165) is 6.54 Å². The third-order valence-corrected chi connectivity index (χ3v) is 5.52. The molecule has 0 saturated heterocycles. The van der Waals surface area contributed by atoms with Crippen LogP contribution < -0.4 is 11.1 Å². The first-order chi connectivity index (χ1) is 8.18. The van der Waals surface area contributed by atoms with Gasteiger partial charge in [-0.25, -0.2) is 4.39 Å². The smallest absolute Gasteiger partial charge is 0.139 e. The Bertz CT molecular complexity index is 469. The molecule has 100 valence electrons. The molecule has 0 bridgehead atoms. The Morgan fingerprint density at radius 1 is 1.28 bits per heavy atom. The zero-order valence-electron chi connectivity index (χ0n) is 11.3. The Labute approximate surface area is 116 Å². The summed E-state index contributed by atoms with van der Waals surface area (Å²) in [6, 6.07) is 3.04. The van der Waals surface area contributed by atoms with Gasteiger partial charge in [0.15, 0.2) is 0 Å². The Hall–Kier alpha value is -0.770. The second-order valence-electron chi connectivity index (χ2n) is 6.23. The average molecular weight is 315 g/mol. The number of nitrogens with one attached hydrogen (secondary N) is 1. The van der Waals surface area contributed by atoms with E-state index < -0.39 is 0 Å². The zero-order chi connectivity index (χ0) is 13.7. The third kappa shape index (κ3) is 2.00. The summed E-state index contributed by atoms with van der Waals surface area (Å²) in [4.78, 5) is 0.